The quantitative estimate of drug-likeness (QED) is 0.676. The van der Waals surface area contributed by atoms with Crippen molar-refractivity contribution in [3.05, 3.63) is 34.9 Å². The maximum Gasteiger partial charge on any atom is 0.336 e. The molecule has 15 heavy (non-hydrogen) atoms. The smallest absolute Gasteiger partial charge is 0.336 e. The molecule has 0 radical (unpaired) electrons. The molecule has 0 fully saturated rings. The van der Waals surface area contributed by atoms with Crippen molar-refractivity contribution in [2.75, 3.05) is 5.33 Å². The number of carboxylic acids is 1. The molecule has 80 valence electrons. The molecule has 0 unspecified atom stereocenters. The van der Waals surface area contributed by atoms with E-state index in [9.17, 15) is 9.59 Å². The molecule has 0 saturated heterocycles. The Bertz CT molecular complexity index is 399. The lowest BCUT2D eigenvalue weighted by atomic mass is 10.00. The van der Waals surface area contributed by atoms with Crippen LogP contribution in [-0.2, 0) is 0 Å². The standard InChI is InChI=1S/C11H11BrO3/c1-7-2-3-8(11(14)15)9(6-7)10(13)4-5-12/h2-3,6H,4-5H2,1H3,(H,14,15). The molecule has 0 aromatic heterocycles. The highest BCUT2D eigenvalue weighted by atomic mass is 79.9. The first-order valence-electron chi connectivity index (χ1n) is 4.49. The second-order valence-electron chi connectivity index (χ2n) is 3.22. The number of hydrogen-bond donors (Lipinski definition) is 1. The number of rotatable bonds is 4. The molecule has 0 heterocycles. The number of ketones is 1. The van der Waals surface area contributed by atoms with Crippen molar-refractivity contribution in [1.29, 1.82) is 0 Å². The molecule has 0 spiro atoms. The van der Waals surface area contributed by atoms with Crippen LogP contribution in [0.3, 0.4) is 0 Å². The third-order valence-corrected chi connectivity index (χ3v) is 2.42. The highest BCUT2D eigenvalue weighted by Crippen LogP contribution is 2.14. The Morgan fingerprint density at radius 2 is 2.00 bits per heavy atom. The first-order valence-corrected chi connectivity index (χ1v) is 5.61. The van der Waals surface area contributed by atoms with Gasteiger partial charge >= 0.3 is 5.97 Å². The molecular formula is C11H11BrO3. The van der Waals surface area contributed by atoms with Gasteiger partial charge in [0.1, 0.15) is 0 Å². The van der Waals surface area contributed by atoms with Crippen LogP contribution in [-0.4, -0.2) is 22.2 Å². The van der Waals surface area contributed by atoms with E-state index in [4.69, 9.17) is 5.11 Å². The maximum atomic E-state index is 11.6. The van der Waals surface area contributed by atoms with Crippen molar-refractivity contribution in [1.82, 2.24) is 0 Å². The number of carboxylic acid groups (broad SMARTS) is 1. The van der Waals surface area contributed by atoms with Crippen LogP contribution >= 0.6 is 15.9 Å². The average Bonchev–Trinajstić information content (AvgIpc) is 2.17. The number of benzene rings is 1. The molecule has 0 bridgehead atoms. The van der Waals surface area contributed by atoms with Gasteiger partial charge in [0, 0.05) is 17.3 Å². The number of hydrogen-bond acceptors (Lipinski definition) is 2. The van der Waals surface area contributed by atoms with E-state index in [2.05, 4.69) is 15.9 Å². The summed E-state index contributed by atoms with van der Waals surface area (Å²) < 4.78 is 0. The number of Topliss-reactive ketones (excluding diaryl/α,β-unsaturated/α-hetero) is 1. The highest BCUT2D eigenvalue weighted by Gasteiger charge is 2.15. The first kappa shape index (κ1) is 11.9. The van der Waals surface area contributed by atoms with Crippen molar-refractivity contribution in [2.24, 2.45) is 0 Å². The summed E-state index contributed by atoms with van der Waals surface area (Å²) in [4.78, 5) is 22.5. The van der Waals surface area contributed by atoms with E-state index in [1.165, 1.54) is 6.07 Å². The Morgan fingerprint density at radius 1 is 1.33 bits per heavy atom. The van der Waals surface area contributed by atoms with Crippen LogP contribution in [0.2, 0.25) is 0 Å². The van der Waals surface area contributed by atoms with Gasteiger partial charge in [-0.1, -0.05) is 27.6 Å². The van der Waals surface area contributed by atoms with Crippen LogP contribution < -0.4 is 0 Å². The average molecular weight is 271 g/mol. The normalized spacial score (nSPS) is 10.0. The molecule has 3 nitrogen and oxygen atoms in total. The van der Waals surface area contributed by atoms with Crippen molar-refractivity contribution in [3.63, 3.8) is 0 Å². The summed E-state index contributed by atoms with van der Waals surface area (Å²) in [5, 5.41) is 9.45. The molecule has 1 N–H and O–H groups in total. The lowest BCUT2D eigenvalue weighted by molar-refractivity contribution is 0.0692. The fourth-order valence-corrected chi connectivity index (χ4v) is 1.66. The molecule has 1 aromatic rings. The number of carbonyl (C=O) groups excluding carboxylic acids is 1. The van der Waals surface area contributed by atoms with E-state index in [0.717, 1.165) is 5.56 Å². The maximum absolute atomic E-state index is 11.6. The van der Waals surface area contributed by atoms with Crippen LogP contribution in [0.25, 0.3) is 0 Å². The lowest BCUT2D eigenvalue weighted by Crippen LogP contribution is -2.09. The summed E-state index contributed by atoms with van der Waals surface area (Å²) in [6.07, 6.45) is 0.309. The Balaban J connectivity index is 3.18. The molecule has 1 rings (SSSR count). The van der Waals surface area contributed by atoms with Crippen LogP contribution in [0.4, 0.5) is 0 Å². The molecular weight excluding hydrogens is 260 g/mol. The van der Waals surface area contributed by atoms with Gasteiger partial charge in [-0.3, -0.25) is 4.79 Å². The summed E-state index contributed by atoms with van der Waals surface area (Å²) in [6.45, 7) is 1.83. The summed E-state index contributed by atoms with van der Waals surface area (Å²) in [5.41, 5.74) is 1.26. The molecule has 0 atom stereocenters. The van der Waals surface area contributed by atoms with E-state index >= 15 is 0 Å². The van der Waals surface area contributed by atoms with Crippen molar-refractivity contribution in [2.45, 2.75) is 13.3 Å². The van der Waals surface area contributed by atoms with E-state index in [-0.39, 0.29) is 11.3 Å². The fourth-order valence-electron chi connectivity index (χ4n) is 1.30. The molecule has 0 aliphatic carbocycles. The third-order valence-electron chi connectivity index (χ3n) is 2.03. The molecule has 0 saturated carbocycles. The first-order chi connectivity index (χ1) is 7.06. The zero-order chi connectivity index (χ0) is 11.4. The monoisotopic (exact) mass is 270 g/mol. The second kappa shape index (κ2) is 5.07. The van der Waals surface area contributed by atoms with Gasteiger partial charge in [0.2, 0.25) is 0 Å². The molecule has 0 amide bonds. The number of halogens is 1. The number of alkyl halides is 1. The van der Waals surface area contributed by atoms with Gasteiger partial charge in [0.05, 0.1) is 5.56 Å². The van der Waals surface area contributed by atoms with Crippen molar-refractivity contribution >= 4 is 27.7 Å². The van der Waals surface area contributed by atoms with Gasteiger partial charge in [-0.05, 0) is 19.1 Å². The van der Waals surface area contributed by atoms with Crippen LogP contribution in [0, 0.1) is 6.92 Å². The van der Waals surface area contributed by atoms with E-state index in [1.807, 2.05) is 6.92 Å². The summed E-state index contributed by atoms with van der Waals surface area (Å²) in [5.74, 6) is -1.21. The van der Waals surface area contributed by atoms with E-state index in [0.29, 0.717) is 17.3 Å². The minimum Gasteiger partial charge on any atom is -0.478 e. The summed E-state index contributed by atoms with van der Waals surface area (Å²) in [6, 6.07) is 4.78. The van der Waals surface area contributed by atoms with Gasteiger partial charge < -0.3 is 5.11 Å². The topological polar surface area (TPSA) is 54.4 Å². The van der Waals surface area contributed by atoms with E-state index in [1.54, 1.807) is 12.1 Å². The van der Waals surface area contributed by atoms with Gasteiger partial charge in [0.15, 0.2) is 5.78 Å². The minimum atomic E-state index is -1.06. The summed E-state index contributed by atoms with van der Waals surface area (Å²) in [7, 11) is 0. The molecule has 0 aliphatic rings. The molecule has 4 heteroatoms. The number of carbonyl (C=O) groups is 2. The minimum absolute atomic E-state index is 0.0755. The molecule has 0 aliphatic heterocycles. The summed E-state index contributed by atoms with van der Waals surface area (Å²) >= 11 is 3.16. The molecule has 1 aromatic carbocycles. The van der Waals surface area contributed by atoms with Gasteiger partial charge in [-0.15, -0.1) is 0 Å². The Kier molecular flexibility index (Phi) is 4.03. The predicted molar refractivity (Wildman–Crippen MR) is 60.9 cm³/mol. The van der Waals surface area contributed by atoms with Crippen molar-refractivity contribution in [3.8, 4) is 0 Å². The van der Waals surface area contributed by atoms with E-state index < -0.39 is 5.97 Å². The Hall–Kier alpha value is -1.16. The predicted octanol–water partition coefficient (Wildman–Crippen LogP) is 2.66. The highest BCUT2D eigenvalue weighted by molar-refractivity contribution is 9.09. The zero-order valence-electron chi connectivity index (χ0n) is 8.29. The van der Waals surface area contributed by atoms with Gasteiger partial charge in [-0.2, -0.15) is 0 Å². The van der Waals surface area contributed by atoms with Crippen LogP contribution in [0.5, 0.6) is 0 Å². The van der Waals surface area contributed by atoms with Gasteiger partial charge in [-0.25, -0.2) is 4.79 Å². The SMILES string of the molecule is Cc1ccc(C(=O)O)c(C(=O)CCBr)c1. The fraction of sp³-hybridized carbons (Fsp3) is 0.273. The Labute approximate surface area is 96.2 Å². The largest absolute Gasteiger partial charge is 0.478 e. The van der Waals surface area contributed by atoms with Crippen LogP contribution in [0.1, 0.15) is 32.7 Å². The Morgan fingerprint density at radius 3 is 2.53 bits per heavy atom. The van der Waals surface area contributed by atoms with Gasteiger partial charge in [0.25, 0.3) is 0 Å². The lowest BCUT2D eigenvalue weighted by Gasteiger charge is -2.05. The zero-order valence-corrected chi connectivity index (χ0v) is 9.87. The van der Waals surface area contributed by atoms with Crippen molar-refractivity contribution < 1.29 is 14.7 Å². The number of aryl methyl sites for hydroxylation is 1. The third kappa shape index (κ3) is 2.89. The number of aromatic carboxylic acids is 1. The van der Waals surface area contributed by atoms with Crippen LogP contribution in [0.15, 0.2) is 18.2 Å². The second-order valence-corrected chi connectivity index (χ2v) is 4.01.